The molecule has 0 fully saturated rings. The van der Waals surface area contributed by atoms with E-state index in [-0.39, 0.29) is 5.57 Å². The first-order chi connectivity index (χ1) is 7.68. The number of carbonyl (C=O) groups is 1. The molecule has 0 aromatic carbocycles. The average Bonchev–Trinajstić information content (AvgIpc) is 2.26. The van der Waals surface area contributed by atoms with Crippen molar-refractivity contribution in [3.8, 4) is 0 Å². The molecule has 0 saturated heterocycles. The molecule has 0 atom stereocenters. The van der Waals surface area contributed by atoms with Gasteiger partial charge in [0.1, 0.15) is 0 Å². The Morgan fingerprint density at radius 3 is 2.06 bits per heavy atom. The largest absolute Gasteiger partial charge is 0.478 e. The van der Waals surface area contributed by atoms with Gasteiger partial charge in [0.05, 0.1) is 33.0 Å². The lowest BCUT2D eigenvalue weighted by atomic mass is 10.2. The molecule has 94 valence electrons. The van der Waals surface area contributed by atoms with Crippen LogP contribution in [0.1, 0.15) is 13.3 Å². The van der Waals surface area contributed by atoms with E-state index in [1.807, 2.05) is 6.92 Å². The van der Waals surface area contributed by atoms with E-state index in [0.29, 0.717) is 46.1 Å². The number of aliphatic carboxylic acids is 1. The Labute approximate surface area is 96.0 Å². The summed E-state index contributed by atoms with van der Waals surface area (Å²) >= 11 is 0. The SMILES string of the molecule is C=C(CCOCCOCCOCC)C(=O)O. The molecule has 0 amide bonds. The molecule has 0 heterocycles. The first kappa shape index (κ1) is 15.1. The van der Waals surface area contributed by atoms with E-state index >= 15 is 0 Å². The van der Waals surface area contributed by atoms with Crippen molar-refractivity contribution in [2.45, 2.75) is 13.3 Å². The molecule has 16 heavy (non-hydrogen) atoms. The minimum absolute atomic E-state index is 0.164. The fourth-order valence-electron chi connectivity index (χ4n) is 0.886. The van der Waals surface area contributed by atoms with E-state index in [1.54, 1.807) is 0 Å². The summed E-state index contributed by atoms with van der Waals surface area (Å²) in [7, 11) is 0. The van der Waals surface area contributed by atoms with Crippen molar-refractivity contribution < 1.29 is 24.1 Å². The third-order valence-electron chi connectivity index (χ3n) is 1.80. The highest BCUT2D eigenvalue weighted by Gasteiger charge is 2.02. The fraction of sp³-hybridized carbons (Fsp3) is 0.727. The fourth-order valence-corrected chi connectivity index (χ4v) is 0.886. The molecule has 0 aromatic rings. The second kappa shape index (κ2) is 10.6. The summed E-state index contributed by atoms with van der Waals surface area (Å²) in [6, 6.07) is 0. The Morgan fingerprint density at radius 2 is 1.56 bits per heavy atom. The molecule has 0 rings (SSSR count). The quantitative estimate of drug-likeness (QED) is 0.426. The van der Waals surface area contributed by atoms with Crippen LogP contribution < -0.4 is 0 Å². The summed E-state index contributed by atoms with van der Waals surface area (Å²) in [5, 5.41) is 8.51. The van der Waals surface area contributed by atoms with Crippen LogP contribution in [-0.4, -0.2) is 50.7 Å². The summed E-state index contributed by atoms with van der Waals surface area (Å²) in [6.45, 7) is 8.47. The Hall–Kier alpha value is -0.910. The average molecular weight is 232 g/mol. The molecule has 0 aliphatic heterocycles. The van der Waals surface area contributed by atoms with Gasteiger partial charge < -0.3 is 19.3 Å². The topological polar surface area (TPSA) is 65.0 Å². The van der Waals surface area contributed by atoms with Gasteiger partial charge in [-0.15, -0.1) is 0 Å². The number of carboxylic acids is 1. The molecular formula is C11H20O5. The number of hydrogen-bond donors (Lipinski definition) is 1. The van der Waals surface area contributed by atoms with Crippen LogP contribution in [0.5, 0.6) is 0 Å². The van der Waals surface area contributed by atoms with Crippen molar-refractivity contribution in [3.05, 3.63) is 12.2 Å². The number of ether oxygens (including phenoxy) is 3. The maximum absolute atomic E-state index is 10.4. The van der Waals surface area contributed by atoms with Crippen LogP contribution in [0.4, 0.5) is 0 Å². The van der Waals surface area contributed by atoms with Crippen LogP contribution in [-0.2, 0) is 19.0 Å². The molecule has 0 saturated carbocycles. The molecule has 0 aliphatic carbocycles. The van der Waals surface area contributed by atoms with Crippen LogP contribution in [0, 0.1) is 0 Å². The zero-order chi connectivity index (χ0) is 12.2. The van der Waals surface area contributed by atoms with Crippen LogP contribution in [0.3, 0.4) is 0 Å². The molecule has 0 radical (unpaired) electrons. The van der Waals surface area contributed by atoms with E-state index in [2.05, 4.69) is 6.58 Å². The smallest absolute Gasteiger partial charge is 0.331 e. The molecule has 1 N–H and O–H groups in total. The van der Waals surface area contributed by atoms with Gasteiger partial charge in [0.15, 0.2) is 0 Å². The maximum Gasteiger partial charge on any atom is 0.331 e. The predicted octanol–water partition coefficient (Wildman–Crippen LogP) is 1.09. The van der Waals surface area contributed by atoms with Crippen LogP contribution >= 0.6 is 0 Å². The number of hydrogen-bond acceptors (Lipinski definition) is 4. The number of rotatable bonds is 11. The van der Waals surface area contributed by atoms with Gasteiger partial charge in [-0.1, -0.05) is 6.58 Å². The predicted molar refractivity (Wildman–Crippen MR) is 59.5 cm³/mol. The summed E-state index contributed by atoms with van der Waals surface area (Å²) in [4.78, 5) is 10.4. The first-order valence-electron chi connectivity index (χ1n) is 5.32. The molecule has 0 aliphatic rings. The van der Waals surface area contributed by atoms with Gasteiger partial charge in [-0.25, -0.2) is 4.79 Å². The summed E-state index contributed by atoms with van der Waals surface area (Å²) in [6.07, 6.45) is 0.342. The highest BCUT2D eigenvalue weighted by Crippen LogP contribution is 1.97. The van der Waals surface area contributed by atoms with Crippen LogP contribution in [0.25, 0.3) is 0 Å². The van der Waals surface area contributed by atoms with Crippen molar-refractivity contribution in [2.75, 3.05) is 39.6 Å². The van der Waals surface area contributed by atoms with Crippen molar-refractivity contribution in [1.29, 1.82) is 0 Å². The van der Waals surface area contributed by atoms with Gasteiger partial charge in [0.2, 0.25) is 0 Å². The third-order valence-corrected chi connectivity index (χ3v) is 1.80. The highest BCUT2D eigenvalue weighted by atomic mass is 16.5. The molecule has 0 bridgehead atoms. The summed E-state index contributed by atoms with van der Waals surface area (Å²) in [5.74, 6) is -0.975. The Bertz CT molecular complexity index is 203. The van der Waals surface area contributed by atoms with Gasteiger partial charge in [0.25, 0.3) is 0 Å². The third kappa shape index (κ3) is 9.64. The molecule has 0 aromatic heterocycles. The van der Waals surface area contributed by atoms with E-state index in [4.69, 9.17) is 19.3 Å². The molecule has 5 heteroatoms. The molecule has 0 unspecified atom stereocenters. The van der Waals surface area contributed by atoms with Crippen molar-refractivity contribution in [2.24, 2.45) is 0 Å². The van der Waals surface area contributed by atoms with E-state index < -0.39 is 5.97 Å². The summed E-state index contributed by atoms with van der Waals surface area (Å²) in [5.41, 5.74) is 0.164. The Kier molecular flexibility index (Phi) is 10.00. The number of carboxylic acid groups (broad SMARTS) is 1. The molecular weight excluding hydrogens is 212 g/mol. The lowest BCUT2D eigenvalue weighted by Gasteiger charge is -2.05. The summed E-state index contributed by atoms with van der Waals surface area (Å²) < 4.78 is 15.4. The van der Waals surface area contributed by atoms with Gasteiger partial charge in [-0.3, -0.25) is 0 Å². The zero-order valence-corrected chi connectivity index (χ0v) is 9.74. The minimum Gasteiger partial charge on any atom is -0.478 e. The van der Waals surface area contributed by atoms with Crippen molar-refractivity contribution in [3.63, 3.8) is 0 Å². The maximum atomic E-state index is 10.4. The van der Waals surface area contributed by atoms with Crippen LogP contribution in [0.2, 0.25) is 0 Å². The van der Waals surface area contributed by atoms with Crippen molar-refractivity contribution >= 4 is 5.97 Å². The first-order valence-corrected chi connectivity index (χ1v) is 5.32. The highest BCUT2D eigenvalue weighted by molar-refractivity contribution is 5.85. The van der Waals surface area contributed by atoms with Gasteiger partial charge in [-0.05, 0) is 6.92 Å². The van der Waals surface area contributed by atoms with E-state index in [9.17, 15) is 4.79 Å². The normalized spacial score (nSPS) is 10.3. The zero-order valence-electron chi connectivity index (χ0n) is 9.74. The van der Waals surface area contributed by atoms with Gasteiger partial charge in [-0.2, -0.15) is 0 Å². The second-order valence-electron chi connectivity index (χ2n) is 3.08. The molecule has 5 nitrogen and oxygen atoms in total. The Morgan fingerprint density at radius 1 is 1.06 bits per heavy atom. The lowest BCUT2D eigenvalue weighted by molar-refractivity contribution is -0.132. The standard InChI is InChI=1S/C11H20O5/c1-3-14-6-7-16-9-8-15-5-4-10(2)11(12)13/h2-9H2,1H3,(H,12,13). The lowest BCUT2D eigenvalue weighted by Crippen LogP contribution is -2.10. The van der Waals surface area contributed by atoms with E-state index in [0.717, 1.165) is 0 Å². The van der Waals surface area contributed by atoms with Gasteiger partial charge >= 0.3 is 5.97 Å². The van der Waals surface area contributed by atoms with Gasteiger partial charge in [0, 0.05) is 18.6 Å². The monoisotopic (exact) mass is 232 g/mol. The van der Waals surface area contributed by atoms with E-state index in [1.165, 1.54) is 0 Å². The molecule has 0 spiro atoms. The minimum atomic E-state index is -0.975. The van der Waals surface area contributed by atoms with Crippen molar-refractivity contribution in [1.82, 2.24) is 0 Å². The Balaban J connectivity index is 3.10. The van der Waals surface area contributed by atoms with Crippen LogP contribution in [0.15, 0.2) is 12.2 Å². The second-order valence-corrected chi connectivity index (χ2v) is 3.08.